The van der Waals surface area contributed by atoms with Crippen LogP contribution in [-0.2, 0) is 42.9 Å². The van der Waals surface area contributed by atoms with Gasteiger partial charge in [-0.3, -0.25) is 18.9 Å². The van der Waals surface area contributed by atoms with Crippen molar-refractivity contribution < 1.29 is 66.1 Å². The number of phosphoric ester groups is 1. The summed E-state index contributed by atoms with van der Waals surface area (Å²) in [4.78, 5) is 61.2. The quantitative estimate of drug-likeness (QED) is 0.157. The Kier molecular flexibility index (Phi) is 8.53. The molecule has 0 radical (unpaired) electrons. The first-order chi connectivity index (χ1) is 14.6. The fraction of sp³-hybridized carbons (Fsp3) is 0.636. The van der Waals surface area contributed by atoms with Crippen molar-refractivity contribution in [3.8, 4) is 0 Å². The summed E-state index contributed by atoms with van der Waals surface area (Å²) in [6, 6.07) is 0. The van der Waals surface area contributed by atoms with E-state index in [1.165, 1.54) is 7.11 Å². The van der Waals surface area contributed by atoms with Gasteiger partial charge < -0.3 is 39.3 Å². The zero-order chi connectivity index (χ0) is 24.5. The number of aromatic nitrogens is 2. The summed E-state index contributed by atoms with van der Waals surface area (Å²) in [6.45, 7) is -1.28. The number of nitrogens with zero attached hydrogens (tertiary/aromatic N) is 1. The van der Waals surface area contributed by atoms with Crippen molar-refractivity contribution in [3.63, 3.8) is 0 Å². The van der Waals surface area contributed by atoms with Gasteiger partial charge in [0.25, 0.3) is 5.56 Å². The van der Waals surface area contributed by atoms with Gasteiger partial charge in [-0.05, 0) is 0 Å². The molecule has 32 heavy (non-hydrogen) atoms. The number of H-pyrrole nitrogens is 1. The van der Waals surface area contributed by atoms with Gasteiger partial charge in [0.05, 0.1) is 18.8 Å². The number of methoxy groups -OCH3 is 1. The number of phosphoric acid groups is 3. The van der Waals surface area contributed by atoms with E-state index in [9.17, 15) is 38.4 Å². The van der Waals surface area contributed by atoms with E-state index in [-0.39, 0.29) is 12.2 Å². The third kappa shape index (κ3) is 7.21. The Balaban J connectivity index is 2.13. The molecule has 0 saturated carbocycles. The average Bonchev–Trinajstić information content (AvgIpc) is 2.87. The van der Waals surface area contributed by atoms with Crippen LogP contribution >= 0.6 is 23.5 Å². The molecule has 6 atom stereocenters. The Morgan fingerprint density at radius 1 is 1.06 bits per heavy atom. The van der Waals surface area contributed by atoms with E-state index in [1.54, 1.807) is 0 Å². The van der Waals surface area contributed by atoms with E-state index in [1.807, 2.05) is 4.98 Å². The van der Waals surface area contributed by atoms with E-state index in [0.29, 0.717) is 4.57 Å². The Hall–Kier alpha value is -1.07. The van der Waals surface area contributed by atoms with E-state index in [0.717, 1.165) is 6.20 Å². The molecule has 18 nitrogen and oxygen atoms in total. The first-order valence-electron chi connectivity index (χ1n) is 8.18. The van der Waals surface area contributed by atoms with Crippen molar-refractivity contribution in [1.82, 2.24) is 9.55 Å². The van der Waals surface area contributed by atoms with Crippen molar-refractivity contribution in [2.24, 2.45) is 0 Å². The molecule has 21 heteroatoms. The van der Waals surface area contributed by atoms with Crippen molar-refractivity contribution in [2.75, 3.05) is 13.7 Å². The molecule has 2 rings (SSSR count). The van der Waals surface area contributed by atoms with Gasteiger partial charge in [0.1, 0.15) is 18.3 Å². The van der Waals surface area contributed by atoms with Crippen molar-refractivity contribution in [2.45, 2.75) is 31.1 Å². The highest BCUT2D eigenvalue weighted by Gasteiger charge is 2.46. The van der Waals surface area contributed by atoms with Gasteiger partial charge in [-0.1, -0.05) is 0 Å². The zero-order valence-electron chi connectivity index (χ0n) is 15.9. The van der Waals surface area contributed by atoms with Gasteiger partial charge in [-0.25, -0.2) is 18.5 Å². The fourth-order valence-corrected chi connectivity index (χ4v) is 5.57. The lowest BCUT2D eigenvalue weighted by atomic mass is 10.1. The van der Waals surface area contributed by atoms with Crippen LogP contribution in [0.4, 0.5) is 0 Å². The molecule has 1 saturated heterocycles. The molecule has 7 N–H and O–H groups in total. The third-order valence-corrected chi connectivity index (χ3v) is 7.57. The molecule has 0 amide bonds. The molecule has 0 bridgehead atoms. The number of aliphatic hydroxyl groups is 2. The standard InChI is InChI=1S/C11H19N2O16P3/c1-25-3-5-2-13(11(17)12-9(5)16)10-8(15)7(14)6(27-10)4-26-31(21,22)29-32(23,24)28-30(18,19)20/h2,6-8,10,14-15H,3-4H2,1H3,(H,21,22)(H,23,24)(H,12,16,17)(H2,18,19,20)/t6-,7-,8-,10-/m1/s1. The SMILES string of the molecule is COCc1cn([C@@H]2O[C@H](COP(=O)(O)OP(=O)(O)OP(=O)(O)O)[C@@H](O)[C@H]2O)c(=O)[nH]c1=O. The van der Waals surface area contributed by atoms with Gasteiger partial charge >= 0.3 is 29.2 Å². The zero-order valence-corrected chi connectivity index (χ0v) is 18.5. The molecule has 1 aromatic heterocycles. The Morgan fingerprint density at radius 2 is 1.69 bits per heavy atom. The van der Waals surface area contributed by atoms with Gasteiger partial charge in [-0.2, -0.15) is 8.62 Å². The monoisotopic (exact) mass is 528 g/mol. The van der Waals surface area contributed by atoms with Crippen molar-refractivity contribution in [1.29, 1.82) is 0 Å². The summed E-state index contributed by atoms with van der Waals surface area (Å²) in [5, 5.41) is 20.3. The summed E-state index contributed by atoms with van der Waals surface area (Å²) in [5.41, 5.74) is -1.83. The lowest BCUT2D eigenvalue weighted by molar-refractivity contribution is -0.0544. The highest BCUT2D eigenvalue weighted by atomic mass is 31.3. The second-order valence-electron chi connectivity index (χ2n) is 6.19. The predicted molar refractivity (Wildman–Crippen MR) is 97.8 cm³/mol. The average molecular weight is 528 g/mol. The van der Waals surface area contributed by atoms with Gasteiger partial charge in [0.15, 0.2) is 6.23 Å². The minimum Gasteiger partial charge on any atom is -0.387 e. The summed E-state index contributed by atoms with van der Waals surface area (Å²) in [7, 11) is -15.6. The predicted octanol–water partition coefficient (Wildman–Crippen LogP) is -2.35. The van der Waals surface area contributed by atoms with Crippen LogP contribution in [0, 0.1) is 0 Å². The lowest BCUT2D eigenvalue weighted by Crippen LogP contribution is -2.39. The molecule has 1 aliphatic rings. The van der Waals surface area contributed by atoms with Crippen LogP contribution in [0.25, 0.3) is 0 Å². The molecule has 1 aromatic rings. The molecular formula is C11H19N2O16P3. The summed E-state index contributed by atoms with van der Waals surface area (Å²) >= 11 is 0. The van der Waals surface area contributed by atoms with Crippen molar-refractivity contribution in [3.05, 3.63) is 32.6 Å². The minimum absolute atomic E-state index is 0.0332. The van der Waals surface area contributed by atoms with E-state index < -0.39 is 65.9 Å². The van der Waals surface area contributed by atoms with Gasteiger partial charge in [0.2, 0.25) is 0 Å². The van der Waals surface area contributed by atoms with Crippen LogP contribution < -0.4 is 11.2 Å². The third-order valence-electron chi connectivity index (χ3n) is 3.77. The molecule has 1 aliphatic heterocycles. The summed E-state index contributed by atoms with van der Waals surface area (Å²) in [6.07, 6.45) is -5.83. The number of nitrogens with one attached hydrogen (secondary N) is 1. The topological polar surface area (TPSA) is 274 Å². The van der Waals surface area contributed by atoms with Crippen LogP contribution in [0.1, 0.15) is 11.8 Å². The maximum absolute atomic E-state index is 12.1. The smallest absolute Gasteiger partial charge is 0.387 e. The molecule has 2 heterocycles. The van der Waals surface area contributed by atoms with Crippen LogP contribution in [-0.4, -0.2) is 71.4 Å². The first-order valence-corrected chi connectivity index (χ1v) is 12.7. The van der Waals surface area contributed by atoms with Crippen LogP contribution in [0.2, 0.25) is 0 Å². The number of hydrogen-bond donors (Lipinski definition) is 7. The van der Waals surface area contributed by atoms with Crippen LogP contribution in [0.5, 0.6) is 0 Å². The van der Waals surface area contributed by atoms with Crippen molar-refractivity contribution >= 4 is 23.5 Å². The summed E-state index contributed by atoms with van der Waals surface area (Å²) < 4.78 is 55.8. The normalized spacial score (nSPS) is 27.7. The number of ether oxygens (including phenoxy) is 2. The van der Waals surface area contributed by atoms with Gasteiger partial charge in [0, 0.05) is 13.3 Å². The number of hydrogen-bond acceptors (Lipinski definition) is 12. The Labute approximate surface area is 177 Å². The molecule has 0 spiro atoms. The van der Waals surface area contributed by atoms with Crippen LogP contribution in [0.3, 0.4) is 0 Å². The maximum Gasteiger partial charge on any atom is 0.490 e. The Morgan fingerprint density at radius 3 is 2.25 bits per heavy atom. The first kappa shape index (κ1) is 27.2. The fourth-order valence-electron chi connectivity index (χ4n) is 2.54. The second-order valence-corrected chi connectivity index (χ2v) is 10.6. The second kappa shape index (κ2) is 10.0. The van der Waals surface area contributed by atoms with Crippen LogP contribution in [0.15, 0.2) is 15.8 Å². The van der Waals surface area contributed by atoms with Gasteiger partial charge in [-0.15, -0.1) is 0 Å². The van der Waals surface area contributed by atoms with E-state index >= 15 is 0 Å². The van der Waals surface area contributed by atoms with E-state index in [2.05, 4.69) is 13.1 Å². The molecule has 0 aromatic carbocycles. The number of aliphatic hydroxyl groups excluding tert-OH is 2. The lowest BCUT2D eigenvalue weighted by Gasteiger charge is -2.19. The maximum atomic E-state index is 12.1. The highest BCUT2D eigenvalue weighted by molar-refractivity contribution is 7.66. The van der Waals surface area contributed by atoms with E-state index in [4.69, 9.17) is 24.2 Å². The number of rotatable bonds is 10. The minimum atomic E-state index is -5.75. The highest BCUT2D eigenvalue weighted by Crippen LogP contribution is 2.66. The molecule has 2 unspecified atom stereocenters. The Bertz CT molecular complexity index is 1080. The molecule has 0 aliphatic carbocycles. The largest absolute Gasteiger partial charge is 0.490 e. The number of aromatic amines is 1. The molecule has 184 valence electrons. The molecule has 1 fully saturated rings. The summed E-state index contributed by atoms with van der Waals surface area (Å²) in [5.74, 6) is 0. The molecular weight excluding hydrogens is 509 g/mol.